The standard InChI is InChI=1S/C26H42O3/c1-4-6-8-10-11-13-15-17-26(3)20-23(28)25-22(27)18-21(19-24(25)29-26)16-14-12-9-7-5-2/h18-19,27H,4-17,20H2,1-3H3. The van der Waals surface area contributed by atoms with Crippen molar-refractivity contribution in [3.05, 3.63) is 23.3 Å². The largest absolute Gasteiger partial charge is 0.507 e. The molecule has 3 heteroatoms. The number of benzene rings is 1. The van der Waals surface area contributed by atoms with Crippen molar-refractivity contribution in [1.82, 2.24) is 0 Å². The molecule has 0 fully saturated rings. The van der Waals surface area contributed by atoms with Crippen LogP contribution in [0.1, 0.15) is 127 Å². The van der Waals surface area contributed by atoms with Crippen LogP contribution >= 0.6 is 0 Å². The number of phenolic OH excluding ortho intramolecular Hbond substituents is 1. The zero-order valence-electron chi connectivity index (χ0n) is 19.0. The predicted octanol–water partition coefficient (Wildman–Crippen LogP) is 7.77. The van der Waals surface area contributed by atoms with Gasteiger partial charge in [-0.1, -0.05) is 78.1 Å². The van der Waals surface area contributed by atoms with E-state index in [1.807, 2.05) is 6.07 Å². The van der Waals surface area contributed by atoms with Crippen LogP contribution in [-0.2, 0) is 6.42 Å². The third kappa shape index (κ3) is 7.68. The first kappa shape index (κ1) is 23.8. The van der Waals surface area contributed by atoms with Gasteiger partial charge in [-0.25, -0.2) is 0 Å². The monoisotopic (exact) mass is 402 g/mol. The molecule has 0 amide bonds. The summed E-state index contributed by atoms with van der Waals surface area (Å²) in [6.07, 6.45) is 17.1. The number of aromatic hydroxyl groups is 1. The summed E-state index contributed by atoms with van der Waals surface area (Å²) >= 11 is 0. The molecule has 0 saturated heterocycles. The first-order chi connectivity index (χ1) is 14.0. The molecule has 1 aromatic carbocycles. The normalized spacial score (nSPS) is 18.5. The molecular weight excluding hydrogens is 360 g/mol. The average Bonchev–Trinajstić information content (AvgIpc) is 2.66. The number of unbranched alkanes of at least 4 members (excludes halogenated alkanes) is 10. The number of carbonyl (C=O) groups is 1. The lowest BCUT2D eigenvalue weighted by atomic mass is 9.86. The topological polar surface area (TPSA) is 46.5 Å². The minimum Gasteiger partial charge on any atom is -0.507 e. The van der Waals surface area contributed by atoms with E-state index in [1.165, 1.54) is 64.2 Å². The Hall–Kier alpha value is -1.51. The second kappa shape index (κ2) is 12.2. The molecule has 29 heavy (non-hydrogen) atoms. The third-order valence-corrected chi connectivity index (χ3v) is 6.19. The van der Waals surface area contributed by atoms with Gasteiger partial charge in [0, 0.05) is 0 Å². The van der Waals surface area contributed by atoms with Crippen LogP contribution in [0.2, 0.25) is 0 Å². The molecule has 3 nitrogen and oxygen atoms in total. The Morgan fingerprint density at radius 1 is 0.897 bits per heavy atom. The highest BCUT2D eigenvalue weighted by Crippen LogP contribution is 2.41. The Kier molecular flexibility index (Phi) is 10.0. The molecule has 0 saturated carbocycles. The Morgan fingerprint density at radius 2 is 1.48 bits per heavy atom. The Labute approximate surface area is 178 Å². The molecule has 1 aliphatic rings. The highest BCUT2D eigenvalue weighted by molar-refractivity contribution is 6.02. The maximum atomic E-state index is 12.7. The van der Waals surface area contributed by atoms with Gasteiger partial charge in [0.1, 0.15) is 22.7 Å². The van der Waals surface area contributed by atoms with Crippen LogP contribution in [-0.4, -0.2) is 16.5 Å². The van der Waals surface area contributed by atoms with Gasteiger partial charge in [0.05, 0.1) is 6.42 Å². The second-order valence-corrected chi connectivity index (χ2v) is 9.18. The zero-order valence-corrected chi connectivity index (χ0v) is 19.0. The van der Waals surface area contributed by atoms with Crippen LogP contribution in [0.5, 0.6) is 11.5 Å². The summed E-state index contributed by atoms with van der Waals surface area (Å²) < 4.78 is 6.32. The van der Waals surface area contributed by atoms with E-state index in [0.717, 1.165) is 31.2 Å². The number of Topliss-reactive ketones (excluding diaryl/α,β-unsaturated/α-hetero) is 1. The number of aryl methyl sites for hydroxylation is 1. The van der Waals surface area contributed by atoms with Crippen molar-refractivity contribution in [3.8, 4) is 11.5 Å². The summed E-state index contributed by atoms with van der Waals surface area (Å²) in [6, 6.07) is 3.76. The van der Waals surface area contributed by atoms with Crippen molar-refractivity contribution in [2.24, 2.45) is 0 Å². The lowest BCUT2D eigenvalue weighted by molar-refractivity contribution is 0.0447. The number of phenols is 1. The van der Waals surface area contributed by atoms with E-state index in [2.05, 4.69) is 20.8 Å². The molecule has 164 valence electrons. The maximum Gasteiger partial charge on any atom is 0.174 e. The smallest absolute Gasteiger partial charge is 0.174 e. The van der Waals surface area contributed by atoms with E-state index in [4.69, 9.17) is 4.74 Å². The van der Waals surface area contributed by atoms with E-state index in [1.54, 1.807) is 6.07 Å². The van der Waals surface area contributed by atoms with Crippen LogP contribution in [0.25, 0.3) is 0 Å². The van der Waals surface area contributed by atoms with Crippen molar-refractivity contribution in [2.45, 2.75) is 123 Å². The van der Waals surface area contributed by atoms with Crippen molar-refractivity contribution >= 4 is 5.78 Å². The molecule has 0 radical (unpaired) electrons. The van der Waals surface area contributed by atoms with Gasteiger partial charge in [-0.05, 0) is 50.3 Å². The van der Waals surface area contributed by atoms with Gasteiger partial charge in [0.25, 0.3) is 0 Å². The zero-order chi connectivity index (χ0) is 21.1. The van der Waals surface area contributed by atoms with Gasteiger partial charge >= 0.3 is 0 Å². The van der Waals surface area contributed by atoms with E-state index < -0.39 is 5.60 Å². The minimum atomic E-state index is -0.445. The quantitative estimate of drug-likeness (QED) is 0.323. The first-order valence-corrected chi connectivity index (χ1v) is 12.1. The van der Waals surface area contributed by atoms with Gasteiger partial charge in [-0.2, -0.15) is 0 Å². The van der Waals surface area contributed by atoms with Gasteiger partial charge in [-0.15, -0.1) is 0 Å². The molecule has 1 N–H and O–H groups in total. The lowest BCUT2D eigenvalue weighted by Gasteiger charge is -2.35. The molecule has 0 spiro atoms. The van der Waals surface area contributed by atoms with Gasteiger partial charge in [0.15, 0.2) is 5.78 Å². The fraction of sp³-hybridized carbons (Fsp3) is 0.731. The van der Waals surface area contributed by atoms with Crippen LogP contribution < -0.4 is 4.74 Å². The molecule has 2 rings (SSSR count). The van der Waals surface area contributed by atoms with E-state index in [9.17, 15) is 9.90 Å². The third-order valence-electron chi connectivity index (χ3n) is 6.19. The number of ketones is 1. The Bertz CT molecular complexity index is 637. The van der Waals surface area contributed by atoms with Crippen LogP contribution in [0.3, 0.4) is 0 Å². The summed E-state index contributed by atoms with van der Waals surface area (Å²) in [5.74, 6) is 0.702. The highest BCUT2D eigenvalue weighted by Gasteiger charge is 2.37. The molecule has 1 heterocycles. The fourth-order valence-electron chi connectivity index (χ4n) is 4.42. The Morgan fingerprint density at radius 3 is 2.14 bits per heavy atom. The second-order valence-electron chi connectivity index (χ2n) is 9.18. The average molecular weight is 403 g/mol. The predicted molar refractivity (Wildman–Crippen MR) is 121 cm³/mol. The molecule has 1 aromatic rings. The minimum absolute atomic E-state index is 0.0173. The van der Waals surface area contributed by atoms with Crippen molar-refractivity contribution in [1.29, 1.82) is 0 Å². The van der Waals surface area contributed by atoms with Crippen molar-refractivity contribution in [2.75, 3.05) is 0 Å². The number of ether oxygens (including phenoxy) is 1. The molecular formula is C26H42O3. The Balaban J connectivity index is 1.91. The maximum absolute atomic E-state index is 12.7. The SMILES string of the molecule is CCCCCCCCCC1(C)CC(=O)c2c(O)cc(CCCCCCC)cc2O1. The molecule has 0 aromatic heterocycles. The number of carbonyl (C=O) groups excluding carboxylic acids is 1. The fourth-order valence-corrected chi connectivity index (χ4v) is 4.42. The number of fused-ring (bicyclic) bond motifs is 1. The van der Waals surface area contributed by atoms with E-state index in [0.29, 0.717) is 17.7 Å². The van der Waals surface area contributed by atoms with Gasteiger partial charge in [0.2, 0.25) is 0 Å². The molecule has 0 aliphatic carbocycles. The van der Waals surface area contributed by atoms with E-state index >= 15 is 0 Å². The van der Waals surface area contributed by atoms with Crippen molar-refractivity contribution in [3.63, 3.8) is 0 Å². The van der Waals surface area contributed by atoms with E-state index in [-0.39, 0.29) is 11.5 Å². The number of rotatable bonds is 14. The number of hydrogen-bond acceptors (Lipinski definition) is 3. The lowest BCUT2D eigenvalue weighted by Crippen LogP contribution is -2.39. The molecule has 1 unspecified atom stereocenters. The number of hydrogen-bond donors (Lipinski definition) is 1. The molecule has 1 aliphatic heterocycles. The summed E-state index contributed by atoms with van der Waals surface area (Å²) in [5, 5.41) is 10.4. The van der Waals surface area contributed by atoms with Gasteiger partial charge < -0.3 is 9.84 Å². The summed E-state index contributed by atoms with van der Waals surface area (Å²) in [7, 11) is 0. The van der Waals surface area contributed by atoms with Crippen LogP contribution in [0, 0.1) is 0 Å². The molecule has 0 bridgehead atoms. The van der Waals surface area contributed by atoms with Gasteiger partial charge in [-0.3, -0.25) is 4.79 Å². The van der Waals surface area contributed by atoms with Crippen molar-refractivity contribution < 1.29 is 14.6 Å². The highest BCUT2D eigenvalue weighted by atomic mass is 16.5. The summed E-state index contributed by atoms with van der Waals surface area (Å²) in [4.78, 5) is 12.7. The summed E-state index contributed by atoms with van der Waals surface area (Å²) in [5.41, 5.74) is 1.02. The van der Waals surface area contributed by atoms with Crippen LogP contribution in [0.4, 0.5) is 0 Å². The first-order valence-electron chi connectivity index (χ1n) is 12.1. The molecule has 1 atom stereocenters. The summed E-state index contributed by atoms with van der Waals surface area (Å²) in [6.45, 7) is 6.52. The van der Waals surface area contributed by atoms with Crippen LogP contribution in [0.15, 0.2) is 12.1 Å².